The summed E-state index contributed by atoms with van der Waals surface area (Å²) in [5, 5.41) is 6.60. The molecule has 29 heavy (non-hydrogen) atoms. The van der Waals surface area contributed by atoms with Gasteiger partial charge in [0.1, 0.15) is 11.6 Å². The monoisotopic (exact) mass is 398 g/mol. The third-order valence-electron chi connectivity index (χ3n) is 4.91. The molecule has 1 aromatic carbocycles. The third kappa shape index (κ3) is 6.07. The Morgan fingerprint density at radius 3 is 2.45 bits per heavy atom. The van der Waals surface area contributed by atoms with Crippen molar-refractivity contribution >= 4 is 17.5 Å². The van der Waals surface area contributed by atoms with Crippen molar-refractivity contribution in [1.82, 2.24) is 15.6 Å². The van der Waals surface area contributed by atoms with Crippen molar-refractivity contribution in [3.63, 3.8) is 0 Å². The molecule has 2 aromatic rings. The van der Waals surface area contributed by atoms with Gasteiger partial charge in [0.15, 0.2) is 5.96 Å². The second kappa shape index (κ2) is 10.6. The number of hydrogen-bond donors (Lipinski definition) is 2. The van der Waals surface area contributed by atoms with Gasteiger partial charge >= 0.3 is 0 Å². The molecule has 0 atom stereocenters. The molecule has 7 heteroatoms. The number of aromatic nitrogens is 1. The van der Waals surface area contributed by atoms with Gasteiger partial charge in [-0.3, -0.25) is 0 Å². The third-order valence-corrected chi connectivity index (χ3v) is 4.91. The summed E-state index contributed by atoms with van der Waals surface area (Å²) >= 11 is 0. The molecule has 0 radical (unpaired) electrons. The molecule has 0 aliphatic carbocycles. The van der Waals surface area contributed by atoms with Crippen LogP contribution in [0.5, 0.6) is 0 Å². The van der Waals surface area contributed by atoms with Crippen LogP contribution < -0.4 is 20.4 Å². The Balaban J connectivity index is 1.59. The summed E-state index contributed by atoms with van der Waals surface area (Å²) in [6.45, 7) is 10.1. The van der Waals surface area contributed by atoms with Gasteiger partial charge in [0, 0.05) is 51.2 Å². The molecular weight excluding hydrogens is 367 g/mol. The van der Waals surface area contributed by atoms with E-state index in [1.807, 2.05) is 24.4 Å². The van der Waals surface area contributed by atoms with Gasteiger partial charge in [-0.1, -0.05) is 6.92 Å². The number of anilines is 2. The molecular formula is C22H31FN6. The number of rotatable bonds is 7. The van der Waals surface area contributed by atoms with E-state index in [1.54, 1.807) is 0 Å². The SMILES string of the molecule is CCCNC(=NCc1ccnc(N2CCN(c3ccc(F)cc3)CC2)c1)NCC. The summed E-state index contributed by atoms with van der Waals surface area (Å²) in [5.41, 5.74) is 2.21. The highest BCUT2D eigenvalue weighted by atomic mass is 19.1. The van der Waals surface area contributed by atoms with Crippen molar-refractivity contribution in [3.8, 4) is 0 Å². The van der Waals surface area contributed by atoms with E-state index in [2.05, 4.69) is 50.3 Å². The first-order valence-electron chi connectivity index (χ1n) is 10.4. The van der Waals surface area contributed by atoms with E-state index < -0.39 is 0 Å². The van der Waals surface area contributed by atoms with Crippen LogP contribution in [0.3, 0.4) is 0 Å². The van der Waals surface area contributed by atoms with Crippen molar-refractivity contribution in [1.29, 1.82) is 0 Å². The van der Waals surface area contributed by atoms with Gasteiger partial charge in [0.05, 0.1) is 6.54 Å². The van der Waals surface area contributed by atoms with Gasteiger partial charge in [0.25, 0.3) is 0 Å². The van der Waals surface area contributed by atoms with Crippen LogP contribution >= 0.6 is 0 Å². The number of nitrogens with zero attached hydrogens (tertiary/aromatic N) is 4. The predicted octanol–water partition coefficient (Wildman–Crippen LogP) is 3.01. The van der Waals surface area contributed by atoms with Gasteiger partial charge in [-0.25, -0.2) is 14.4 Å². The molecule has 3 rings (SSSR count). The number of aliphatic imine (C=N–C) groups is 1. The highest BCUT2D eigenvalue weighted by Gasteiger charge is 2.18. The second-order valence-corrected chi connectivity index (χ2v) is 7.09. The predicted molar refractivity (Wildman–Crippen MR) is 118 cm³/mol. The van der Waals surface area contributed by atoms with E-state index in [4.69, 9.17) is 0 Å². The molecule has 2 heterocycles. The lowest BCUT2D eigenvalue weighted by molar-refractivity contribution is 0.624. The van der Waals surface area contributed by atoms with Gasteiger partial charge in [0.2, 0.25) is 0 Å². The second-order valence-electron chi connectivity index (χ2n) is 7.09. The Bertz CT molecular complexity index is 784. The molecule has 6 nitrogen and oxygen atoms in total. The molecule has 0 spiro atoms. The zero-order chi connectivity index (χ0) is 20.5. The van der Waals surface area contributed by atoms with E-state index in [1.165, 1.54) is 12.1 Å². The van der Waals surface area contributed by atoms with Crippen molar-refractivity contribution in [2.24, 2.45) is 4.99 Å². The number of halogens is 1. The Morgan fingerprint density at radius 1 is 1.03 bits per heavy atom. The van der Waals surface area contributed by atoms with Crippen molar-refractivity contribution < 1.29 is 4.39 Å². The van der Waals surface area contributed by atoms with Crippen molar-refractivity contribution in [2.45, 2.75) is 26.8 Å². The summed E-state index contributed by atoms with van der Waals surface area (Å²) in [7, 11) is 0. The summed E-state index contributed by atoms with van der Waals surface area (Å²) in [6, 6.07) is 10.9. The van der Waals surface area contributed by atoms with E-state index >= 15 is 0 Å². The number of piperazine rings is 1. The molecule has 1 aliphatic heterocycles. The van der Waals surface area contributed by atoms with Gasteiger partial charge in [-0.15, -0.1) is 0 Å². The average Bonchev–Trinajstić information content (AvgIpc) is 2.76. The average molecular weight is 399 g/mol. The Kier molecular flexibility index (Phi) is 7.67. The van der Waals surface area contributed by atoms with Crippen LogP contribution in [0.15, 0.2) is 47.6 Å². The Labute approximate surface area is 172 Å². The van der Waals surface area contributed by atoms with Crippen LogP contribution in [-0.4, -0.2) is 50.2 Å². The first-order valence-corrected chi connectivity index (χ1v) is 10.4. The summed E-state index contributed by atoms with van der Waals surface area (Å²) in [6.07, 6.45) is 2.92. The molecule has 0 saturated carbocycles. The zero-order valence-corrected chi connectivity index (χ0v) is 17.4. The van der Waals surface area contributed by atoms with Crippen LogP contribution in [-0.2, 0) is 6.54 Å². The molecule has 1 saturated heterocycles. The zero-order valence-electron chi connectivity index (χ0n) is 17.4. The lowest BCUT2D eigenvalue weighted by Crippen LogP contribution is -2.46. The largest absolute Gasteiger partial charge is 0.368 e. The number of hydrogen-bond acceptors (Lipinski definition) is 4. The van der Waals surface area contributed by atoms with Gasteiger partial charge < -0.3 is 20.4 Å². The first-order chi connectivity index (χ1) is 14.2. The smallest absolute Gasteiger partial charge is 0.191 e. The maximum atomic E-state index is 13.1. The summed E-state index contributed by atoms with van der Waals surface area (Å²) < 4.78 is 13.1. The number of guanidine groups is 1. The number of nitrogens with one attached hydrogen (secondary N) is 2. The van der Waals surface area contributed by atoms with Crippen LogP contribution in [0.25, 0.3) is 0 Å². The summed E-state index contributed by atoms with van der Waals surface area (Å²) in [4.78, 5) is 13.8. The molecule has 1 fully saturated rings. The molecule has 0 unspecified atom stereocenters. The lowest BCUT2D eigenvalue weighted by atomic mass is 10.2. The fourth-order valence-electron chi connectivity index (χ4n) is 3.33. The fourth-order valence-corrected chi connectivity index (χ4v) is 3.33. The van der Waals surface area contributed by atoms with E-state index in [0.717, 1.165) is 68.7 Å². The van der Waals surface area contributed by atoms with Crippen molar-refractivity contribution in [2.75, 3.05) is 49.1 Å². The van der Waals surface area contributed by atoms with E-state index in [-0.39, 0.29) is 5.82 Å². The minimum Gasteiger partial charge on any atom is -0.368 e. The van der Waals surface area contributed by atoms with Gasteiger partial charge in [-0.2, -0.15) is 0 Å². The molecule has 156 valence electrons. The van der Waals surface area contributed by atoms with Crippen LogP contribution in [0, 0.1) is 5.82 Å². The topological polar surface area (TPSA) is 55.8 Å². The minimum absolute atomic E-state index is 0.196. The highest BCUT2D eigenvalue weighted by Crippen LogP contribution is 2.20. The molecule has 2 N–H and O–H groups in total. The van der Waals surface area contributed by atoms with Crippen molar-refractivity contribution in [3.05, 3.63) is 54.0 Å². The number of benzene rings is 1. The van der Waals surface area contributed by atoms with Crippen LogP contribution in [0.1, 0.15) is 25.8 Å². The fraction of sp³-hybridized carbons (Fsp3) is 0.455. The minimum atomic E-state index is -0.196. The molecule has 1 aromatic heterocycles. The maximum absolute atomic E-state index is 13.1. The Hall–Kier alpha value is -2.83. The lowest BCUT2D eigenvalue weighted by Gasteiger charge is -2.36. The molecule has 0 amide bonds. The highest BCUT2D eigenvalue weighted by molar-refractivity contribution is 5.79. The Morgan fingerprint density at radius 2 is 1.76 bits per heavy atom. The first kappa shape index (κ1) is 20.9. The standard InChI is InChI=1S/C22H31FN6/c1-3-10-26-22(24-4-2)27-17-18-9-11-25-21(16-18)29-14-12-28(13-15-29)20-7-5-19(23)6-8-20/h5-9,11,16H,3-4,10,12-15,17H2,1-2H3,(H2,24,26,27). The summed E-state index contributed by atoms with van der Waals surface area (Å²) in [5.74, 6) is 1.64. The molecule has 0 bridgehead atoms. The van der Waals surface area contributed by atoms with Gasteiger partial charge in [-0.05, 0) is 55.3 Å². The van der Waals surface area contributed by atoms with Crippen LogP contribution in [0.4, 0.5) is 15.9 Å². The van der Waals surface area contributed by atoms with E-state index in [9.17, 15) is 4.39 Å². The van der Waals surface area contributed by atoms with Crippen LogP contribution in [0.2, 0.25) is 0 Å². The number of pyridine rings is 1. The quantitative estimate of drug-likeness (QED) is 0.555. The van der Waals surface area contributed by atoms with E-state index in [0.29, 0.717) is 6.54 Å². The molecule has 1 aliphatic rings. The normalized spacial score (nSPS) is 14.8. The maximum Gasteiger partial charge on any atom is 0.191 e.